The number of carbonyl (C=O) groups is 1. The van der Waals surface area contributed by atoms with Crippen molar-refractivity contribution < 1.29 is 17.9 Å². The Morgan fingerprint density at radius 2 is 1.77 bits per heavy atom. The molecule has 0 amide bonds. The number of fused-ring (bicyclic) bond motifs is 2. The molecule has 30 heavy (non-hydrogen) atoms. The fourth-order valence-corrected chi connectivity index (χ4v) is 4.66. The van der Waals surface area contributed by atoms with Crippen LogP contribution in [-0.4, -0.2) is 30.7 Å². The van der Waals surface area contributed by atoms with Gasteiger partial charge in [-0.1, -0.05) is 36.4 Å². The molecule has 2 heterocycles. The highest BCUT2D eigenvalue weighted by molar-refractivity contribution is 7.89. The number of sulfonamides is 1. The molecule has 8 heteroatoms. The average molecular weight is 423 g/mol. The molecule has 1 aromatic heterocycles. The van der Waals surface area contributed by atoms with Gasteiger partial charge in [-0.05, 0) is 39.0 Å². The molecule has 0 spiro atoms. The van der Waals surface area contributed by atoms with Crippen LogP contribution in [-0.2, 0) is 19.6 Å². The van der Waals surface area contributed by atoms with E-state index in [1.807, 2.05) is 0 Å². The lowest BCUT2D eigenvalue weighted by Crippen LogP contribution is -2.38. The number of aromatic nitrogens is 1. The predicted octanol–water partition coefficient (Wildman–Crippen LogP) is 3.68. The molecule has 7 nitrogen and oxygen atoms in total. The van der Waals surface area contributed by atoms with Crippen LogP contribution in [0.3, 0.4) is 0 Å². The predicted molar refractivity (Wildman–Crippen MR) is 114 cm³/mol. The van der Waals surface area contributed by atoms with Gasteiger partial charge in [0.25, 0.3) is 0 Å². The second kappa shape index (κ2) is 7.30. The van der Waals surface area contributed by atoms with E-state index < -0.39 is 27.6 Å². The molecule has 2 aromatic carbocycles. The van der Waals surface area contributed by atoms with E-state index >= 15 is 0 Å². The van der Waals surface area contributed by atoms with Crippen LogP contribution in [0, 0.1) is 0 Å². The summed E-state index contributed by atoms with van der Waals surface area (Å²) >= 11 is 0. The van der Waals surface area contributed by atoms with Crippen molar-refractivity contribution >= 4 is 38.3 Å². The van der Waals surface area contributed by atoms with Crippen molar-refractivity contribution in [1.29, 1.82) is 0 Å². The van der Waals surface area contributed by atoms with E-state index in [-0.39, 0.29) is 10.6 Å². The number of pyridine rings is 1. The fourth-order valence-electron chi connectivity index (χ4n) is 3.30. The summed E-state index contributed by atoms with van der Waals surface area (Å²) in [5, 5.41) is 0.702. The molecule has 0 fully saturated rings. The molecule has 4 rings (SSSR count). The quantitative estimate of drug-likeness (QED) is 0.646. The Labute approximate surface area is 174 Å². The second-order valence-corrected chi connectivity index (χ2v) is 9.63. The minimum absolute atomic E-state index is 0.00268. The van der Waals surface area contributed by atoms with E-state index in [1.165, 1.54) is 6.07 Å². The van der Waals surface area contributed by atoms with Crippen LogP contribution in [0.25, 0.3) is 10.9 Å². The Morgan fingerprint density at radius 3 is 2.53 bits per heavy atom. The first-order valence-corrected chi connectivity index (χ1v) is 10.9. The molecule has 1 aliphatic rings. The third-order valence-corrected chi connectivity index (χ3v) is 5.98. The molecule has 1 aliphatic heterocycles. The number of benzene rings is 2. The van der Waals surface area contributed by atoms with Gasteiger partial charge in [0, 0.05) is 17.1 Å². The summed E-state index contributed by atoms with van der Waals surface area (Å²) in [6.07, 6.45) is 1.54. The van der Waals surface area contributed by atoms with Crippen LogP contribution in [0.2, 0.25) is 0 Å². The minimum atomic E-state index is -4.02. The number of carbonyl (C=O) groups excluding carboxylic acids is 1. The maximum absolute atomic E-state index is 13.3. The molecule has 0 bridgehead atoms. The van der Waals surface area contributed by atoms with Crippen LogP contribution in [0.15, 0.2) is 70.7 Å². The highest BCUT2D eigenvalue weighted by Gasteiger charge is 2.37. The SMILES string of the molecule is CC(C)(C)OC(=O)C1=Nc2ccccc2C1NS(=O)(=O)c1cccc2cccnc12. The first-order chi connectivity index (χ1) is 14.2. The van der Waals surface area contributed by atoms with Gasteiger partial charge in [-0.25, -0.2) is 18.2 Å². The molecular weight excluding hydrogens is 402 g/mol. The van der Waals surface area contributed by atoms with Crippen LogP contribution >= 0.6 is 0 Å². The largest absolute Gasteiger partial charge is 0.455 e. The van der Waals surface area contributed by atoms with Crippen molar-refractivity contribution in [2.45, 2.75) is 37.3 Å². The Hall–Kier alpha value is -3.10. The molecule has 1 unspecified atom stereocenters. The van der Waals surface area contributed by atoms with E-state index in [0.717, 1.165) is 0 Å². The molecule has 0 radical (unpaired) electrons. The van der Waals surface area contributed by atoms with Gasteiger partial charge in [0.2, 0.25) is 10.0 Å². The Bertz CT molecular complexity index is 1270. The summed E-state index contributed by atoms with van der Waals surface area (Å²) in [5.41, 5.74) is 0.742. The zero-order chi connectivity index (χ0) is 21.5. The van der Waals surface area contributed by atoms with Gasteiger partial charge in [0.05, 0.1) is 17.2 Å². The lowest BCUT2D eigenvalue weighted by atomic mass is 10.0. The molecule has 1 N–H and O–H groups in total. The summed E-state index contributed by atoms with van der Waals surface area (Å²) < 4.78 is 34.7. The summed E-state index contributed by atoms with van der Waals surface area (Å²) in [7, 11) is -4.02. The average Bonchev–Trinajstić information content (AvgIpc) is 3.04. The number of para-hydroxylation sites is 2. The highest BCUT2D eigenvalue weighted by Crippen LogP contribution is 2.36. The van der Waals surface area contributed by atoms with E-state index in [9.17, 15) is 13.2 Å². The maximum atomic E-state index is 13.3. The summed E-state index contributed by atoms with van der Waals surface area (Å²) in [4.78, 5) is 21.4. The number of ether oxygens (including phenoxy) is 1. The van der Waals surface area contributed by atoms with Gasteiger partial charge in [-0.15, -0.1) is 0 Å². The number of esters is 1. The molecular formula is C22H21N3O4S. The van der Waals surface area contributed by atoms with Crippen molar-refractivity contribution in [3.8, 4) is 0 Å². The molecule has 1 atom stereocenters. The fraction of sp³-hybridized carbons (Fsp3) is 0.227. The Kier molecular flexibility index (Phi) is 4.91. The van der Waals surface area contributed by atoms with Crippen LogP contribution in [0.4, 0.5) is 5.69 Å². The lowest BCUT2D eigenvalue weighted by molar-refractivity contribution is -0.146. The van der Waals surface area contributed by atoms with Gasteiger partial charge in [0.15, 0.2) is 0 Å². The first kappa shape index (κ1) is 20.2. The Balaban J connectivity index is 1.75. The van der Waals surface area contributed by atoms with Crippen LogP contribution in [0.1, 0.15) is 32.4 Å². The maximum Gasteiger partial charge on any atom is 0.355 e. The van der Waals surface area contributed by atoms with Gasteiger partial charge in [-0.2, -0.15) is 4.72 Å². The lowest BCUT2D eigenvalue weighted by Gasteiger charge is -2.22. The normalized spacial score (nSPS) is 16.2. The van der Waals surface area contributed by atoms with Gasteiger partial charge in [-0.3, -0.25) is 4.98 Å². The van der Waals surface area contributed by atoms with E-state index in [1.54, 1.807) is 75.5 Å². The smallest absolute Gasteiger partial charge is 0.355 e. The number of aliphatic imine (C=N–C) groups is 1. The van der Waals surface area contributed by atoms with Crippen molar-refractivity contribution in [1.82, 2.24) is 9.71 Å². The van der Waals surface area contributed by atoms with Crippen molar-refractivity contribution in [2.24, 2.45) is 4.99 Å². The number of hydrogen-bond acceptors (Lipinski definition) is 6. The second-order valence-electron chi connectivity index (χ2n) is 7.94. The van der Waals surface area contributed by atoms with Crippen molar-refractivity contribution in [3.63, 3.8) is 0 Å². The van der Waals surface area contributed by atoms with Crippen molar-refractivity contribution in [3.05, 3.63) is 66.4 Å². The topological polar surface area (TPSA) is 97.7 Å². The number of nitrogens with one attached hydrogen (secondary N) is 1. The van der Waals surface area contributed by atoms with Gasteiger partial charge in [0.1, 0.15) is 16.2 Å². The third kappa shape index (κ3) is 3.83. The molecule has 154 valence electrons. The highest BCUT2D eigenvalue weighted by atomic mass is 32.2. The zero-order valence-corrected chi connectivity index (χ0v) is 17.6. The number of hydrogen-bond donors (Lipinski definition) is 1. The van der Waals surface area contributed by atoms with Crippen molar-refractivity contribution in [2.75, 3.05) is 0 Å². The standard InChI is InChI=1S/C22H21N3O4S/c1-22(2,3)29-21(26)20-19(15-10-4-5-11-16(15)24-20)25-30(27,28)17-12-6-8-14-9-7-13-23-18(14)17/h4-13,19,25H,1-3H3. The minimum Gasteiger partial charge on any atom is -0.455 e. The Morgan fingerprint density at radius 1 is 1.03 bits per heavy atom. The molecule has 3 aromatic rings. The van der Waals surface area contributed by atoms with Crippen LogP contribution in [0.5, 0.6) is 0 Å². The molecule has 0 saturated heterocycles. The van der Waals surface area contributed by atoms with Gasteiger partial charge >= 0.3 is 5.97 Å². The summed E-state index contributed by atoms with van der Waals surface area (Å²) in [6.45, 7) is 5.23. The number of nitrogens with zero attached hydrogens (tertiary/aromatic N) is 2. The van der Waals surface area contributed by atoms with Gasteiger partial charge < -0.3 is 4.74 Å². The van der Waals surface area contributed by atoms with E-state index in [0.29, 0.717) is 22.2 Å². The van der Waals surface area contributed by atoms with Crippen LogP contribution < -0.4 is 4.72 Å². The number of rotatable bonds is 4. The third-order valence-electron chi connectivity index (χ3n) is 4.53. The van der Waals surface area contributed by atoms with E-state index in [2.05, 4.69) is 14.7 Å². The summed E-state index contributed by atoms with van der Waals surface area (Å²) in [6, 6.07) is 14.5. The first-order valence-electron chi connectivity index (χ1n) is 9.43. The zero-order valence-electron chi connectivity index (χ0n) is 16.8. The van der Waals surface area contributed by atoms with E-state index in [4.69, 9.17) is 4.74 Å². The molecule has 0 saturated carbocycles. The summed E-state index contributed by atoms with van der Waals surface area (Å²) in [5.74, 6) is -0.664. The molecule has 0 aliphatic carbocycles. The monoisotopic (exact) mass is 423 g/mol.